The molecule has 19 heavy (non-hydrogen) atoms. The molecule has 2 rings (SSSR count). The summed E-state index contributed by atoms with van der Waals surface area (Å²) in [4.78, 5) is 12.7. The Balaban J connectivity index is 2.07. The topological polar surface area (TPSA) is 79.6 Å². The van der Waals surface area contributed by atoms with Gasteiger partial charge in [-0.3, -0.25) is 4.79 Å². The van der Waals surface area contributed by atoms with E-state index in [-0.39, 0.29) is 16.9 Å². The minimum atomic E-state index is -3.68. The van der Waals surface area contributed by atoms with Crippen molar-refractivity contribution in [3.05, 3.63) is 17.9 Å². The van der Waals surface area contributed by atoms with Crippen LogP contribution in [0, 0.1) is 0 Å². The molecule has 1 N–H and O–H groups in total. The van der Waals surface area contributed by atoms with Crippen molar-refractivity contribution in [2.45, 2.75) is 36.9 Å². The highest BCUT2D eigenvalue weighted by Gasteiger charge is 2.28. The minimum absolute atomic E-state index is 0.0112. The number of furan rings is 1. The first-order valence-electron chi connectivity index (χ1n) is 6.20. The number of likely N-dealkylation sites (tertiary alicyclic amines) is 1. The second kappa shape index (κ2) is 5.44. The lowest BCUT2D eigenvalue weighted by Gasteiger charge is -2.34. The summed E-state index contributed by atoms with van der Waals surface area (Å²) in [5, 5.41) is -0.207. The molecule has 1 fully saturated rings. The van der Waals surface area contributed by atoms with E-state index in [0.717, 1.165) is 19.4 Å². The number of hydrogen-bond acceptors (Lipinski definition) is 5. The Labute approximate surface area is 112 Å². The Kier molecular flexibility index (Phi) is 4.07. The van der Waals surface area contributed by atoms with E-state index in [9.17, 15) is 13.2 Å². The second-order valence-corrected chi connectivity index (χ2v) is 6.59. The van der Waals surface area contributed by atoms with Crippen molar-refractivity contribution >= 4 is 16.3 Å². The normalized spacial score (nSPS) is 25.4. The van der Waals surface area contributed by atoms with Crippen LogP contribution in [-0.4, -0.2) is 45.3 Å². The van der Waals surface area contributed by atoms with E-state index >= 15 is 0 Å². The summed E-state index contributed by atoms with van der Waals surface area (Å²) in [5.74, 6) is 0.0112. The Morgan fingerprint density at radius 1 is 1.47 bits per heavy atom. The van der Waals surface area contributed by atoms with Crippen molar-refractivity contribution in [3.8, 4) is 0 Å². The third-order valence-corrected chi connectivity index (χ3v) is 4.91. The maximum absolute atomic E-state index is 12.1. The number of aldehydes is 1. The number of rotatable bonds is 4. The van der Waals surface area contributed by atoms with Gasteiger partial charge in [-0.25, -0.2) is 13.1 Å². The van der Waals surface area contributed by atoms with E-state index in [1.807, 2.05) is 7.05 Å². The highest BCUT2D eigenvalue weighted by Crippen LogP contribution is 2.19. The standard InChI is InChI=1S/C12H18N2O4S/c1-9-7-10(5-6-14(9)2)13-19(16,17)12-4-3-11(8-15)18-12/h3-4,8-10,13H,5-7H2,1-2H3. The molecule has 1 saturated heterocycles. The van der Waals surface area contributed by atoms with Crippen LogP contribution in [0.5, 0.6) is 0 Å². The van der Waals surface area contributed by atoms with Crippen molar-refractivity contribution in [2.24, 2.45) is 0 Å². The van der Waals surface area contributed by atoms with Crippen molar-refractivity contribution in [1.82, 2.24) is 9.62 Å². The molecule has 2 atom stereocenters. The van der Waals surface area contributed by atoms with Crippen molar-refractivity contribution in [1.29, 1.82) is 0 Å². The predicted molar refractivity (Wildman–Crippen MR) is 69.5 cm³/mol. The van der Waals surface area contributed by atoms with Crippen LogP contribution in [0.2, 0.25) is 0 Å². The minimum Gasteiger partial charge on any atom is -0.440 e. The molecule has 2 unspecified atom stereocenters. The molecule has 2 heterocycles. The largest absolute Gasteiger partial charge is 0.440 e. The van der Waals surface area contributed by atoms with Crippen LogP contribution < -0.4 is 4.72 Å². The lowest BCUT2D eigenvalue weighted by molar-refractivity contribution is 0.109. The van der Waals surface area contributed by atoms with Gasteiger partial charge in [-0.05, 0) is 45.5 Å². The molecule has 0 amide bonds. The number of carbonyl (C=O) groups is 1. The van der Waals surface area contributed by atoms with Crippen molar-refractivity contribution < 1.29 is 17.6 Å². The number of piperidine rings is 1. The highest BCUT2D eigenvalue weighted by molar-refractivity contribution is 7.89. The van der Waals surface area contributed by atoms with E-state index in [4.69, 9.17) is 4.42 Å². The fourth-order valence-electron chi connectivity index (χ4n) is 2.22. The average Bonchev–Trinajstić information content (AvgIpc) is 2.83. The number of hydrogen-bond donors (Lipinski definition) is 1. The van der Waals surface area contributed by atoms with Crippen LogP contribution in [0.4, 0.5) is 0 Å². The summed E-state index contributed by atoms with van der Waals surface area (Å²) in [6.45, 7) is 2.92. The predicted octanol–water partition coefficient (Wildman–Crippen LogP) is 0.853. The van der Waals surface area contributed by atoms with E-state index < -0.39 is 10.0 Å². The summed E-state index contributed by atoms with van der Waals surface area (Å²) in [6, 6.07) is 2.88. The molecular weight excluding hydrogens is 268 g/mol. The second-order valence-electron chi connectivity index (χ2n) is 4.95. The summed E-state index contributed by atoms with van der Waals surface area (Å²) in [5.41, 5.74) is 0. The maximum atomic E-state index is 12.1. The first kappa shape index (κ1) is 14.2. The van der Waals surface area contributed by atoms with Crippen LogP contribution in [0.15, 0.2) is 21.6 Å². The molecule has 0 radical (unpaired) electrons. The molecule has 7 heteroatoms. The summed E-state index contributed by atoms with van der Waals surface area (Å²) >= 11 is 0. The van der Waals surface area contributed by atoms with Gasteiger partial charge in [0, 0.05) is 12.1 Å². The van der Waals surface area contributed by atoms with Gasteiger partial charge in [0.2, 0.25) is 5.09 Å². The molecule has 0 aromatic carbocycles. The van der Waals surface area contributed by atoms with E-state index in [0.29, 0.717) is 12.3 Å². The van der Waals surface area contributed by atoms with Gasteiger partial charge in [0.1, 0.15) is 0 Å². The zero-order valence-electron chi connectivity index (χ0n) is 11.0. The third-order valence-electron chi connectivity index (χ3n) is 3.51. The van der Waals surface area contributed by atoms with Gasteiger partial charge in [-0.15, -0.1) is 0 Å². The van der Waals surface area contributed by atoms with Crippen molar-refractivity contribution in [3.63, 3.8) is 0 Å². The van der Waals surface area contributed by atoms with Gasteiger partial charge in [0.05, 0.1) is 0 Å². The monoisotopic (exact) mass is 286 g/mol. The quantitative estimate of drug-likeness (QED) is 0.830. The number of nitrogens with one attached hydrogen (secondary N) is 1. The van der Waals surface area contributed by atoms with Gasteiger partial charge < -0.3 is 9.32 Å². The van der Waals surface area contributed by atoms with Crippen LogP contribution in [-0.2, 0) is 10.0 Å². The number of sulfonamides is 1. The first-order chi connectivity index (χ1) is 8.92. The van der Waals surface area contributed by atoms with E-state index in [1.165, 1.54) is 12.1 Å². The Morgan fingerprint density at radius 3 is 2.79 bits per heavy atom. The fourth-order valence-corrected chi connectivity index (χ4v) is 3.44. The third kappa shape index (κ3) is 3.23. The highest BCUT2D eigenvalue weighted by atomic mass is 32.2. The molecule has 106 valence electrons. The summed E-state index contributed by atoms with van der Waals surface area (Å²) in [7, 11) is -1.66. The zero-order valence-corrected chi connectivity index (χ0v) is 11.8. The van der Waals surface area contributed by atoms with Gasteiger partial charge in [-0.2, -0.15) is 0 Å². The van der Waals surface area contributed by atoms with Gasteiger partial charge in [-0.1, -0.05) is 0 Å². The Hall–Kier alpha value is -1.18. The summed E-state index contributed by atoms with van der Waals surface area (Å²) in [6.07, 6.45) is 2.01. The first-order valence-corrected chi connectivity index (χ1v) is 7.68. The molecule has 0 aliphatic carbocycles. The molecule has 1 aliphatic rings. The molecule has 1 aromatic rings. The molecule has 1 aromatic heterocycles. The van der Waals surface area contributed by atoms with E-state index in [1.54, 1.807) is 0 Å². The van der Waals surface area contributed by atoms with Crippen LogP contribution in [0.25, 0.3) is 0 Å². The molecule has 6 nitrogen and oxygen atoms in total. The smallest absolute Gasteiger partial charge is 0.274 e. The molecule has 0 bridgehead atoms. The molecule has 0 saturated carbocycles. The lowest BCUT2D eigenvalue weighted by Crippen LogP contribution is -2.47. The Morgan fingerprint density at radius 2 is 2.21 bits per heavy atom. The molecular formula is C12H18N2O4S. The average molecular weight is 286 g/mol. The van der Waals surface area contributed by atoms with Gasteiger partial charge in [0.25, 0.3) is 10.0 Å². The van der Waals surface area contributed by atoms with Crippen LogP contribution in [0.1, 0.15) is 30.3 Å². The SMILES string of the molecule is CC1CC(NS(=O)(=O)c2ccc(C=O)o2)CCN1C. The van der Waals surface area contributed by atoms with Crippen molar-refractivity contribution in [2.75, 3.05) is 13.6 Å². The van der Waals surface area contributed by atoms with Crippen LogP contribution >= 0.6 is 0 Å². The molecule has 1 aliphatic heterocycles. The summed E-state index contributed by atoms with van der Waals surface area (Å²) < 4.78 is 31.8. The Bertz CT molecular complexity index is 552. The lowest BCUT2D eigenvalue weighted by atomic mass is 10.0. The van der Waals surface area contributed by atoms with E-state index in [2.05, 4.69) is 16.5 Å². The van der Waals surface area contributed by atoms with Gasteiger partial charge in [0.15, 0.2) is 12.0 Å². The number of carbonyl (C=O) groups excluding carboxylic acids is 1. The molecule has 0 spiro atoms. The maximum Gasteiger partial charge on any atom is 0.274 e. The van der Waals surface area contributed by atoms with Gasteiger partial charge >= 0.3 is 0 Å². The fraction of sp³-hybridized carbons (Fsp3) is 0.583. The van der Waals surface area contributed by atoms with Crippen LogP contribution in [0.3, 0.4) is 0 Å². The number of nitrogens with zero attached hydrogens (tertiary/aromatic N) is 1. The zero-order chi connectivity index (χ0) is 14.0.